The maximum atomic E-state index is 11.3. The summed E-state index contributed by atoms with van der Waals surface area (Å²) in [7, 11) is 0. The van der Waals surface area contributed by atoms with Crippen molar-refractivity contribution in [3.63, 3.8) is 0 Å². The molecule has 1 amide bonds. The summed E-state index contributed by atoms with van der Waals surface area (Å²) in [4.78, 5) is 11.3. The highest BCUT2D eigenvalue weighted by Gasteiger charge is 2.15. The highest BCUT2D eigenvalue weighted by Crippen LogP contribution is 2.06. The van der Waals surface area contributed by atoms with E-state index in [4.69, 9.17) is 11.2 Å². The van der Waals surface area contributed by atoms with Crippen molar-refractivity contribution >= 4 is 6.09 Å². The first-order chi connectivity index (χ1) is 8.39. The van der Waals surface area contributed by atoms with Gasteiger partial charge in [0.1, 0.15) is 5.60 Å². The van der Waals surface area contributed by atoms with Gasteiger partial charge in [0.2, 0.25) is 0 Å². The molecule has 0 aromatic heterocycles. The number of terminal acetylenes is 1. The number of amides is 1. The van der Waals surface area contributed by atoms with Crippen LogP contribution in [-0.4, -0.2) is 30.8 Å². The third-order valence-electron chi connectivity index (χ3n) is 2.31. The zero-order valence-corrected chi connectivity index (χ0v) is 12.0. The summed E-state index contributed by atoms with van der Waals surface area (Å²) in [6, 6.07) is 0.372. The first-order valence-corrected chi connectivity index (χ1v) is 6.52. The van der Waals surface area contributed by atoms with Crippen molar-refractivity contribution in [2.75, 3.05) is 13.1 Å². The Kier molecular flexibility index (Phi) is 8.23. The summed E-state index contributed by atoms with van der Waals surface area (Å²) in [6.45, 7) is 9.09. The van der Waals surface area contributed by atoms with Gasteiger partial charge in [0.05, 0.1) is 0 Å². The van der Waals surface area contributed by atoms with Crippen molar-refractivity contribution in [1.82, 2.24) is 10.6 Å². The molecule has 0 aliphatic rings. The van der Waals surface area contributed by atoms with Gasteiger partial charge in [-0.05, 0) is 40.2 Å². The fraction of sp³-hybridized carbons (Fsp3) is 0.786. The van der Waals surface area contributed by atoms with Gasteiger partial charge >= 0.3 is 6.09 Å². The average Bonchev–Trinajstić information content (AvgIpc) is 2.24. The molecule has 4 heteroatoms. The van der Waals surface area contributed by atoms with E-state index in [-0.39, 0.29) is 6.09 Å². The molecule has 0 aromatic carbocycles. The Morgan fingerprint density at radius 1 is 1.39 bits per heavy atom. The van der Waals surface area contributed by atoms with Gasteiger partial charge in [-0.25, -0.2) is 4.79 Å². The predicted octanol–water partition coefficient (Wildman–Crippen LogP) is 2.29. The SMILES string of the molecule is C#CCC(CC)NCCCNC(=O)OC(C)(C)C. The van der Waals surface area contributed by atoms with Crippen molar-refractivity contribution in [3.8, 4) is 12.3 Å². The number of carbonyl (C=O) groups is 1. The average molecular weight is 254 g/mol. The normalized spacial score (nSPS) is 12.6. The molecule has 4 nitrogen and oxygen atoms in total. The number of hydrogen-bond donors (Lipinski definition) is 2. The monoisotopic (exact) mass is 254 g/mol. The van der Waals surface area contributed by atoms with E-state index in [0.29, 0.717) is 12.6 Å². The maximum absolute atomic E-state index is 11.3. The molecule has 0 rings (SSSR count). The molecular formula is C14H26N2O2. The van der Waals surface area contributed by atoms with Gasteiger partial charge < -0.3 is 15.4 Å². The second-order valence-corrected chi connectivity index (χ2v) is 5.25. The lowest BCUT2D eigenvalue weighted by Crippen LogP contribution is -2.35. The van der Waals surface area contributed by atoms with E-state index < -0.39 is 5.60 Å². The Balaban J connectivity index is 3.57. The van der Waals surface area contributed by atoms with Crippen molar-refractivity contribution in [2.45, 2.75) is 58.6 Å². The number of carbonyl (C=O) groups excluding carboxylic acids is 1. The van der Waals surface area contributed by atoms with Crippen LogP contribution >= 0.6 is 0 Å². The topological polar surface area (TPSA) is 50.4 Å². The number of nitrogens with one attached hydrogen (secondary N) is 2. The van der Waals surface area contributed by atoms with Crippen molar-refractivity contribution in [2.24, 2.45) is 0 Å². The maximum Gasteiger partial charge on any atom is 0.407 e. The first-order valence-electron chi connectivity index (χ1n) is 6.52. The molecular weight excluding hydrogens is 228 g/mol. The van der Waals surface area contributed by atoms with Crippen LogP contribution in [0.3, 0.4) is 0 Å². The van der Waals surface area contributed by atoms with Crippen molar-refractivity contribution in [1.29, 1.82) is 0 Å². The van der Waals surface area contributed by atoms with E-state index in [0.717, 1.165) is 25.8 Å². The lowest BCUT2D eigenvalue weighted by atomic mass is 10.1. The second kappa shape index (κ2) is 8.82. The molecule has 0 saturated carbocycles. The number of ether oxygens (including phenoxy) is 1. The van der Waals surface area contributed by atoms with Crippen LogP contribution in [0.2, 0.25) is 0 Å². The van der Waals surface area contributed by atoms with E-state index >= 15 is 0 Å². The van der Waals surface area contributed by atoms with Gasteiger partial charge in [-0.3, -0.25) is 0 Å². The summed E-state index contributed by atoms with van der Waals surface area (Å²) < 4.78 is 5.13. The zero-order chi connectivity index (χ0) is 14.0. The minimum atomic E-state index is -0.442. The molecule has 1 unspecified atom stereocenters. The Morgan fingerprint density at radius 2 is 2.06 bits per heavy atom. The van der Waals surface area contributed by atoms with Gasteiger partial charge in [-0.1, -0.05) is 6.92 Å². The van der Waals surface area contributed by atoms with Crippen molar-refractivity contribution < 1.29 is 9.53 Å². The molecule has 0 saturated heterocycles. The van der Waals surface area contributed by atoms with Crippen LogP contribution in [0.25, 0.3) is 0 Å². The molecule has 1 atom stereocenters. The Morgan fingerprint density at radius 3 is 2.56 bits per heavy atom. The molecule has 104 valence electrons. The minimum absolute atomic E-state index is 0.363. The van der Waals surface area contributed by atoms with E-state index in [9.17, 15) is 4.79 Å². The first kappa shape index (κ1) is 16.8. The summed E-state index contributed by atoms with van der Waals surface area (Å²) in [5.74, 6) is 2.65. The van der Waals surface area contributed by atoms with Crippen LogP contribution in [0.4, 0.5) is 4.79 Å². The van der Waals surface area contributed by atoms with Crippen LogP contribution in [0, 0.1) is 12.3 Å². The standard InChI is InChI=1S/C14H26N2O2/c1-6-9-12(7-2)15-10-8-11-16-13(17)18-14(3,4)5/h1,12,15H,7-11H2,2-5H3,(H,16,17). The summed E-state index contributed by atoms with van der Waals surface area (Å²) in [6.07, 6.45) is 7.53. The van der Waals surface area contributed by atoms with Gasteiger partial charge in [0.25, 0.3) is 0 Å². The van der Waals surface area contributed by atoms with Gasteiger partial charge in [0.15, 0.2) is 0 Å². The van der Waals surface area contributed by atoms with E-state index in [1.807, 2.05) is 20.8 Å². The number of hydrogen-bond acceptors (Lipinski definition) is 3. The molecule has 18 heavy (non-hydrogen) atoms. The lowest BCUT2D eigenvalue weighted by molar-refractivity contribution is 0.0527. The molecule has 0 fully saturated rings. The Hall–Kier alpha value is -1.21. The van der Waals surface area contributed by atoms with Crippen LogP contribution < -0.4 is 10.6 Å². The Labute approximate surface area is 111 Å². The molecule has 2 N–H and O–H groups in total. The number of rotatable bonds is 7. The number of alkyl carbamates (subject to hydrolysis) is 1. The van der Waals surface area contributed by atoms with Crippen LogP contribution in [-0.2, 0) is 4.74 Å². The highest BCUT2D eigenvalue weighted by atomic mass is 16.6. The molecule has 0 radical (unpaired) electrons. The molecule has 0 bridgehead atoms. The second-order valence-electron chi connectivity index (χ2n) is 5.25. The van der Waals surface area contributed by atoms with Crippen LogP contribution in [0.1, 0.15) is 47.0 Å². The fourth-order valence-corrected chi connectivity index (χ4v) is 1.40. The predicted molar refractivity (Wildman–Crippen MR) is 74.4 cm³/mol. The van der Waals surface area contributed by atoms with Gasteiger partial charge in [0, 0.05) is 19.0 Å². The van der Waals surface area contributed by atoms with Crippen LogP contribution in [0.5, 0.6) is 0 Å². The van der Waals surface area contributed by atoms with Gasteiger partial charge in [-0.2, -0.15) is 0 Å². The summed E-state index contributed by atoms with van der Waals surface area (Å²) in [5.41, 5.74) is -0.442. The molecule has 0 aliphatic carbocycles. The molecule has 0 aromatic rings. The van der Waals surface area contributed by atoms with Crippen molar-refractivity contribution in [3.05, 3.63) is 0 Å². The molecule has 0 heterocycles. The van der Waals surface area contributed by atoms with E-state index in [1.165, 1.54) is 0 Å². The molecule has 0 aliphatic heterocycles. The highest BCUT2D eigenvalue weighted by molar-refractivity contribution is 5.67. The smallest absolute Gasteiger partial charge is 0.407 e. The molecule has 0 spiro atoms. The van der Waals surface area contributed by atoms with Crippen LogP contribution in [0.15, 0.2) is 0 Å². The largest absolute Gasteiger partial charge is 0.444 e. The fourth-order valence-electron chi connectivity index (χ4n) is 1.40. The Bertz CT molecular complexity index is 276. The summed E-state index contributed by atoms with van der Waals surface area (Å²) >= 11 is 0. The third kappa shape index (κ3) is 9.98. The van der Waals surface area contributed by atoms with E-state index in [1.54, 1.807) is 0 Å². The lowest BCUT2D eigenvalue weighted by Gasteiger charge is -2.20. The zero-order valence-electron chi connectivity index (χ0n) is 12.0. The van der Waals surface area contributed by atoms with Gasteiger partial charge in [-0.15, -0.1) is 12.3 Å². The van der Waals surface area contributed by atoms with E-state index in [2.05, 4.69) is 23.5 Å². The minimum Gasteiger partial charge on any atom is -0.444 e. The summed E-state index contributed by atoms with van der Waals surface area (Å²) in [5, 5.41) is 6.08. The quantitative estimate of drug-likeness (QED) is 0.541. The third-order valence-corrected chi connectivity index (χ3v) is 2.31.